The second-order valence-electron chi connectivity index (χ2n) is 6.23. The Morgan fingerprint density at radius 1 is 0.968 bits per heavy atom. The first-order valence-corrected chi connectivity index (χ1v) is 11.9. The first kappa shape index (κ1) is 23.3. The number of amides is 1. The Labute approximate surface area is 198 Å². The molecule has 3 aromatic rings. The van der Waals surface area contributed by atoms with Crippen molar-refractivity contribution >= 4 is 67.0 Å². The van der Waals surface area contributed by atoms with Crippen LogP contribution in [0.2, 0.25) is 10.0 Å². The highest BCUT2D eigenvalue weighted by atomic mass is 79.9. The largest absolute Gasteiger partial charge is 0.271 e. The van der Waals surface area contributed by atoms with Crippen molar-refractivity contribution in [2.45, 2.75) is 4.90 Å². The number of nitrogens with zero attached hydrogens (tertiary/aromatic N) is 2. The predicted molar refractivity (Wildman–Crippen MR) is 127 cm³/mol. The van der Waals surface area contributed by atoms with Crippen LogP contribution in [0.4, 0.5) is 5.69 Å². The topological polar surface area (TPSA) is 78.8 Å². The number of anilines is 1. The molecule has 0 unspecified atom stereocenters. The van der Waals surface area contributed by atoms with Gasteiger partial charge in [-0.2, -0.15) is 5.10 Å². The molecule has 0 aliphatic carbocycles. The van der Waals surface area contributed by atoms with Crippen LogP contribution in [0.1, 0.15) is 5.56 Å². The average Bonchev–Trinajstić information content (AvgIpc) is 2.75. The van der Waals surface area contributed by atoms with Gasteiger partial charge in [0, 0.05) is 10.0 Å². The summed E-state index contributed by atoms with van der Waals surface area (Å²) < 4.78 is 28.2. The summed E-state index contributed by atoms with van der Waals surface area (Å²) in [5.41, 5.74) is 3.09. The Balaban J connectivity index is 1.84. The highest BCUT2D eigenvalue weighted by molar-refractivity contribution is 9.10. The number of rotatable bonds is 7. The second kappa shape index (κ2) is 10.3. The molecule has 0 saturated heterocycles. The molecule has 3 rings (SSSR count). The number of hydrogen-bond donors (Lipinski definition) is 1. The van der Waals surface area contributed by atoms with Crippen LogP contribution in [0.15, 0.2) is 87.3 Å². The van der Waals surface area contributed by atoms with E-state index in [1.165, 1.54) is 18.3 Å². The minimum atomic E-state index is -3.99. The van der Waals surface area contributed by atoms with Crippen LogP contribution < -0.4 is 9.73 Å². The van der Waals surface area contributed by atoms with Crippen LogP contribution >= 0.6 is 39.1 Å². The smallest absolute Gasteiger partial charge is 0.264 e. The Morgan fingerprint density at radius 3 is 2.19 bits per heavy atom. The molecule has 0 fully saturated rings. The molecule has 0 aliphatic heterocycles. The van der Waals surface area contributed by atoms with Gasteiger partial charge in [-0.15, -0.1) is 0 Å². The summed E-state index contributed by atoms with van der Waals surface area (Å²) in [5.74, 6) is -0.637. The molecule has 10 heteroatoms. The summed E-state index contributed by atoms with van der Waals surface area (Å²) in [5, 5.41) is 4.59. The molecule has 6 nitrogen and oxygen atoms in total. The zero-order valence-corrected chi connectivity index (χ0v) is 19.8. The Bertz CT molecular complexity index is 1180. The lowest BCUT2D eigenvalue weighted by atomic mass is 10.2. The minimum absolute atomic E-state index is 0.0667. The third-order valence-corrected chi connectivity index (χ3v) is 7.09. The molecule has 0 heterocycles. The molecule has 0 radical (unpaired) electrons. The maximum atomic E-state index is 13.2. The highest BCUT2D eigenvalue weighted by Gasteiger charge is 2.27. The lowest BCUT2D eigenvalue weighted by Gasteiger charge is -2.23. The maximum Gasteiger partial charge on any atom is 0.264 e. The summed E-state index contributed by atoms with van der Waals surface area (Å²) in [6.07, 6.45) is 1.30. The van der Waals surface area contributed by atoms with Gasteiger partial charge in [-0.1, -0.05) is 63.4 Å². The SMILES string of the molecule is O=C(CN(c1ccc(Br)cc1)S(=O)(=O)c1ccccc1)N/N=C\c1c(Cl)cccc1Cl. The van der Waals surface area contributed by atoms with Gasteiger partial charge >= 0.3 is 0 Å². The fourth-order valence-electron chi connectivity index (χ4n) is 2.61. The van der Waals surface area contributed by atoms with Crippen molar-refractivity contribution in [1.29, 1.82) is 0 Å². The number of hydrazone groups is 1. The van der Waals surface area contributed by atoms with E-state index >= 15 is 0 Å². The van der Waals surface area contributed by atoms with Gasteiger partial charge in [0.1, 0.15) is 6.54 Å². The molecule has 31 heavy (non-hydrogen) atoms. The zero-order chi connectivity index (χ0) is 22.4. The van der Waals surface area contributed by atoms with Gasteiger partial charge < -0.3 is 0 Å². The molecular formula is C21H16BrCl2N3O3S. The van der Waals surface area contributed by atoms with E-state index in [1.807, 2.05) is 0 Å². The monoisotopic (exact) mass is 539 g/mol. The van der Waals surface area contributed by atoms with E-state index in [4.69, 9.17) is 23.2 Å². The Hall–Kier alpha value is -2.39. The fourth-order valence-corrected chi connectivity index (χ4v) is 4.81. The van der Waals surface area contributed by atoms with Gasteiger partial charge in [0.05, 0.1) is 26.8 Å². The number of hydrogen-bond acceptors (Lipinski definition) is 4. The van der Waals surface area contributed by atoms with Crippen LogP contribution in [-0.2, 0) is 14.8 Å². The number of nitrogens with one attached hydrogen (secondary N) is 1. The van der Waals surface area contributed by atoms with E-state index in [2.05, 4.69) is 26.5 Å². The molecule has 0 aromatic heterocycles. The summed E-state index contributed by atoms with van der Waals surface area (Å²) in [4.78, 5) is 12.6. The summed E-state index contributed by atoms with van der Waals surface area (Å²) in [6, 6.07) is 19.4. The fraction of sp³-hybridized carbons (Fsp3) is 0.0476. The summed E-state index contributed by atoms with van der Waals surface area (Å²) in [6.45, 7) is -0.480. The van der Waals surface area contributed by atoms with Gasteiger partial charge in [-0.25, -0.2) is 13.8 Å². The van der Waals surface area contributed by atoms with E-state index < -0.39 is 22.5 Å². The lowest BCUT2D eigenvalue weighted by molar-refractivity contribution is -0.119. The average molecular weight is 541 g/mol. The van der Waals surface area contributed by atoms with Gasteiger partial charge in [0.15, 0.2) is 0 Å². The van der Waals surface area contributed by atoms with E-state index in [-0.39, 0.29) is 4.90 Å². The number of sulfonamides is 1. The zero-order valence-electron chi connectivity index (χ0n) is 15.9. The molecule has 1 N–H and O–H groups in total. The number of carbonyl (C=O) groups excluding carboxylic acids is 1. The molecule has 160 valence electrons. The van der Waals surface area contributed by atoms with Gasteiger partial charge in [-0.05, 0) is 48.5 Å². The molecular weight excluding hydrogens is 525 g/mol. The van der Waals surface area contributed by atoms with Crippen molar-refractivity contribution in [1.82, 2.24) is 5.43 Å². The van der Waals surface area contributed by atoms with Crippen molar-refractivity contribution in [2.24, 2.45) is 5.10 Å². The van der Waals surface area contributed by atoms with E-state index in [0.29, 0.717) is 21.3 Å². The summed E-state index contributed by atoms with van der Waals surface area (Å²) >= 11 is 15.5. The molecule has 0 bridgehead atoms. The maximum absolute atomic E-state index is 13.2. The van der Waals surface area contributed by atoms with Gasteiger partial charge in [0.2, 0.25) is 0 Å². The first-order chi connectivity index (χ1) is 14.8. The number of benzene rings is 3. The summed E-state index contributed by atoms with van der Waals surface area (Å²) in [7, 11) is -3.99. The normalized spacial score (nSPS) is 11.5. The van der Waals surface area contributed by atoms with Crippen molar-refractivity contribution in [3.8, 4) is 0 Å². The molecule has 0 atom stereocenters. The van der Waals surface area contributed by atoms with Crippen molar-refractivity contribution < 1.29 is 13.2 Å². The van der Waals surface area contributed by atoms with Crippen LogP contribution in [0, 0.1) is 0 Å². The van der Waals surface area contributed by atoms with Crippen LogP contribution in [0.3, 0.4) is 0 Å². The molecule has 3 aromatic carbocycles. The van der Waals surface area contributed by atoms with E-state index in [9.17, 15) is 13.2 Å². The van der Waals surface area contributed by atoms with Crippen molar-refractivity contribution in [2.75, 3.05) is 10.8 Å². The Kier molecular flexibility index (Phi) is 7.72. The highest BCUT2D eigenvalue weighted by Crippen LogP contribution is 2.25. The molecule has 0 aliphatic rings. The van der Waals surface area contributed by atoms with Gasteiger partial charge in [-0.3, -0.25) is 9.10 Å². The van der Waals surface area contributed by atoms with Crippen LogP contribution in [0.5, 0.6) is 0 Å². The number of halogens is 3. The second-order valence-corrected chi connectivity index (χ2v) is 9.82. The van der Waals surface area contributed by atoms with E-state index in [0.717, 1.165) is 8.78 Å². The third kappa shape index (κ3) is 5.86. The minimum Gasteiger partial charge on any atom is -0.271 e. The van der Waals surface area contributed by atoms with Crippen molar-refractivity contribution in [3.05, 3.63) is 92.9 Å². The van der Waals surface area contributed by atoms with E-state index in [1.54, 1.807) is 60.7 Å². The van der Waals surface area contributed by atoms with Crippen LogP contribution in [-0.4, -0.2) is 27.1 Å². The van der Waals surface area contributed by atoms with Crippen molar-refractivity contribution in [3.63, 3.8) is 0 Å². The lowest BCUT2D eigenvalue weighted by Crippen LogP contribution is -2.39. The molecule has 1 amide bonds. The molecule has 0 saturated carbocycles. The van der Waals surface area contributed by atoms with Gasteiger partial charge in [0.25, 0.3) is 15.9 Å². The predicted octanol–water partition coefficient (Wildman–Crippen LogP) is 5.10. The quantitative estimate of drug-likeness (QED) is 0.334. The Morgan fingerprint density at radius 2 is 1.58 bits per heavy atom. The van der Waals surface area contributed by atoms with Crippen LogP contribution in [0.25, 0.3) is 0 Å². The standard InChI is InChI=1S/C21H16BrCl2N3O3S/c22-15-9-11-16(12-10-15)27(31(29,30)17-5-2-1-3-6-17)14-21(28)26-25-13-18-19(23)7-4-8-20(18)24/h1-13H,14H2,(H,26,28)/b25-13-. The number of carbonyl (C=O) groups is 1. The third-order valence-electron chi connectivity index (χ3n) is 4.12. The molecule has 0 spiro atoms. The first-order valence-electron chi connectivity index (χ1n) is 8.88.